The zero-order valence-electron chi connectivity index (χ0n) is 19.6. The summed E-state index contributed by atoms with van der Waals surface area (Å²) in [6.45, 7) is 5.31. The van der Waals surface area contributed by atoms with Crippen LogP contribution in [0.4, 0.5) is 4.39 Å². The van der Waals surface area contributed by atoms with E-state index in [2.05, 4.69) is 16.3 Å². The van der Waals surface area contributed by atoms with E-state index in [1.165, 1.54) is 38.1 Å². The molecule has 0 atom stereocenters. The van der Waals surface area contributed by atoms with Gasteiger partial charge in [0.25, 0.3) is 0 Å². The average molecular weight is 455 g/mol. The number of nitrogens with zero attached hydrogens (tertiary/aromatic N) is 1. The number of carbonyl (C=O) groups excluding carboxylic acids is 1. The van der Waals surface area contributed by atoms with Crippen molar-refractivity contribution >= 4 is 5.91 Å². The second kappa shape index (κ2) is 11.1. The van der Waals surface area contributed by atoms with E-state index in [1.807, 2.05) is 18.2 Å². The number of nitrogens with one attached hydrogen (secondary N) is 1. The first-order chi connectivity index (χ1) is 16.1. The second-order valence-corrected chi connectivity index (χ2v) is 9.27. The van der Waals surface area contributed by atoms with E-state index < -0.39 is 5.41 Å². The molecule has 2 aromatic rings. The van der Waals surface area contributed by atoms with Crippen LogP contribution in [0, 0.1) is 11.2 Å². The number of ether oxygens (including phenoxy) is 2. The summed E-state index contributed by atoms with van der Waals surface area (Å²) in [5, 5.41) is 3.22. The van der Waals surface area contributed by atoms with Crippen LogP contribution in [0.5, 0.6) is 5.75 Å². The van der Waals surface area contributed by atoms with Gasteiger partial charge in [0.1, 0.15) is 11.6 Å². The topological polar surface area (TPSA) is 50.8 Å². The number of rotatable bonds is 9. The van der Waals surface area contributed by atoms with Gasteiger partial charge in [0, 0.05) is 25.3 Å². The van der Waals surface area contributed by atoms with E-state index in [0.29, 0.717) is 50.3 Å². The Morgan fingerprint density at radius 1 is 1.15 bits per heavy atom. The van der Waals surface area contributed by atoms with Gasteiger partial charge >= 0.3 is 0 Å². The summed E-state index contributed by atoms with van der Waals surface area (Å²) in [6, 6.07) is 12.6. The quantitative estimate of drug-likeness (QED) is 0.569. The maximum Gasteiger partial charge on any atom is 0.226 e. The minimum Gasteiger partial charge on any atom is -0.496 e. The third kappa shape index (κ3) is 5.92. The van der Waals surface area contributed by atoms with Gasteiger partial charge in [-0.1, -0.05) is 24.3 Å². The SMILES string of the molecule is COc1ccc(F)cc1-c1cccc(CC2(C(=O)NCCCN3CCCC3)CCOCC2)c1. The molecular weight excluding hydrogens is 419 g/mol. The van der Waals surface area contributed by atoms with Crippen LogP contribution < -0.4 is 10.1 Å². The van der Waals surface area contributed by atoms with Crippen molar-refractivity contribution in [1.29, 1.82) is 0 Å². The van der Waals surface area contributed by atoms with Gasteiger partial charge < -0.3 is 19.7 Å². The van der Waals surface area contributed by atoms with Crippen LogP contribution >= 0.6 is 0 Å². The molecule has 4 rings (SSSR count). The highest BCUT2D eigenvalue weighted by atomic mass is 19.1. The molecule has 1 N–H and O–H groups in total. The van der Waals surface area contributed by atoms with Gasteiger partial charge in [0.2, 0.25) is 5.91 Å². The van der Waals surface area contributed by atoms with Gasteiger partial charge in [-0.3, -0.25) is 4.79 Å². The number of methoxy groups -OCH3 is 1. The van der Waals surface area contributed by atoms with E-state index in [1.54, 1.807) is 13.2 Å². The molecule has 2 fully saturated rings. The number of amides is 1. The van der Waals surface area contributed by atoms with Crippen molar-refractivity contribution in [1.82, 2.24) is 10.2 Å². The van der Waals surface area contributed by atoms with E-state index in [4.69, 9.17) is 9.47 Å². The van der Waals surface area contributed by atoms with Crippen LogP contribution in [0.1, 0.15) is 37.7 Å². The molecule has 2 aliphatic rings. The Hall–Kier alpha value is -2.44. The van der Waals surface area contributed by atoms with Crippen molar-refractivity contribution in [2.75, 3.05) is 46.5 Å². The first-order valence-corrected chi connectivity index (χ1v) is 12.1. The molecule has 0 bridgehead atoms. The van der Waals surface area contributed by atoms with Gasteiger partial charge in [-0.05, 0) is 87.5 Å². The maximum absolute atomic E-state index is 13.9. The normalized spacial score (nSPS) is 18.2. The summed E-state index contributed by atoms with van der Waals surface area (Å²) in [6.07, 6.45) is 5.61. The first kappa shape index (κ1) is 23.7. The Balaban J connectivity index is 1.46. The zero-order valence-corrected chi connectivity index (χ0v) is 19.6. The van der Waals surface area contributed by atoms with Crippen molar-refractivity contribution in [3.05, 3.63) is 53.8 Å². The Morgan fingerprint density at radius 3 is 2.70 bits per heavy atom. The van der Waals surface area contributed by atoms with Crippen molar-refractivity contribution in [3.63, 3.8) is 0 Å². The minimum absolute atomic E-state index is 0.126. The number of hydrogen-bond donors (Lipinski definition) is 1. The van der Waals surface area contributed by atoms with Crippen LogP contribution in [-0.4, -0.2) is 57.3 Å². The minimum atomic E-state index is -0.476. The van der Waals surface area contributed by atoms with E-state index in [0.717, 1.165) is 24.1 Å². The lowest BCUT2D eigenvalue weighted by Crippen LogP contribution is -2.46. The van der Waals surface area contributed by atoms with Crippen molar-refractivity contribution in [2.24, 2.45) is 5.41 Å². The number of likely N-dealkylation sites (tertiary alicyclic amines) is 1. The van der Waals surface area contributed by atoms with Crippen molar-refractivity contribution < 1.29 is 18.7 Å². The molecule has 5 nitrogen and oxygen atoms in total. The molecule has 6 heteroatoms. The maximum atomic E-state index is 13.9. The lowest BCUT2D eigenvalue weighted by atomic mass is 9.74. The molecule has 2 aliphatic heterocycles. The summed E-state index contributed by atoms with van der Waals surface area (Å²) < 4.78 is 25.0. The predicted molar refractivity (Wildman–Crippen MR) is 128 cm³/mol. The average Bonchev–Trinajstić information content (AvgIpc) is 3.36. The van der Waals surface area contributed by atoms with Gasteiger partial charge in [-0.15, -0.1) is 0 Å². The summed E-state index contributed by atoms with van der Waals surface area (Å²) in [7, 11) is 1.59. The molecule has 1 amide bonds. The fourth-order valence-corrected chi connectivity index (χ4v) is 5.09. The van der Waals surface area contributed by atoms with Crippen LogP contribution in [-0.2, 0) is 16.0 Å². The Kier molecular flexibility index (Phi) is 7.99. The molecule has 0 unspecified atom stereocenters. The fourth-order valence-electron chi connectivity index (χ4n) is 5.09. The van der Waals surface area contributed by atoms with Gasteiger partial charge in [0.15, 0.2) is 0 Å². The standard InChI is InChI=1S/C27H35FN2O3/c1-32-25-9-8-23(28)19-24(25)22-7-4-6-21(18-22)20-27(10-16-33-17-11-27)26(31)29-12-5-15-30-13-2-3-14-30/h4,6-9,18-19H,2-3,5,10-17,20H2,1H3,(H,29,31). The number of hydrogen-bond acceptors (Lipinski definition) is 4. The number of halogens is 1. The van der Waals surface area contributed by atoms with Crippen LogP contribution in [0.25, 0.3) is 11.1 Å². The fraction of sp³-hybridized carbons (Fsp3) is 0.519. The largest absolute Gasteiger partial charge is 0.496 e. The molecule has 178 valence electrons. The molecule has 0 aliphatic carbocycles. The Bertz CT molecular complexity index is 937. The molecule has 2 saturated heterocycles. The highest BCUT2D eigenvalue weighted by Gasteiger charge is 2.40. The molecule has 2 heterocycles. The van der Waals surface area contributed by atoms with Crippen molar-refractivity contribution in [3.8, 4) is 16.9 Å². The highest BCUT2D eigenvalue weighted by Crippen LogP contribution is 2.37. The molecule has 0 aromatic heterocycles. The van der Waals surface area contributed by atoms with E-state index >= 15 is 0 Å². The van der Waals surface area contributed by atoms with Crippen LogP contribution in [0.3, 0.4) is 0 Å². The molecular formula is C27H35FN2O3. The highest BCUT2D eigenvalue weighted by molar-refractivity contribution is 5.83. The molecule has 2 aromatic carbocycles. The number of benzene rings is 2. The van der Waals surface area contributed by atoms with E-state index in [9.17, 15) is 9.18 Å². The summed E-state index contributed by atoms with van der Waals surface area (Å²) in [4.78, 5) is 15.8. The predicted octanol–water partition coefficient (Wildman–Crippen LogP) is 4.44. The molecule has 33 heavy (non-hydrogen) atoms. The van der Waals surface area contributed by atoms with Crippen molar-refractivity contribution in [2.45, 2.75) is 38.5 Å². The monoisotopic (exact) mass is 454 g/mol. The van der Waals surface area contributed by atoms with E-state index in [-0.39, 0.29) is 11.7 Å². The lowest BCUT2D eigenvalue weighted by molar-refractivity contribution is -0.136. The second-order valence-electron chi connectivity index (χ2n) is 9.27. The third-order valence-corrected chi connectivity index (χ3v) is 7.01. The smallest absolute Gasteiger partial charge is 0.226 e. The third-order valence-electron chi connectivity index (χ3n) is 7.01. The molecule has 0 spiro atoms. The van der Waals surface area contributed by atoms with Crippen LogP contribution in [0.2, 0.25) is 0 Å². The van der Waals surface area contributed by atoms with Gasteiger partial charge in [0.05, 0.1) is 12.5 Å². The Morgan fingerprint density at radius 2 is 1.94 bits per heavy atom. The molecule has 0 radical (unpaired) electrons. The first-order valence-electron chi connectivity index (χ1n) is 12.1. The summed E-state index contributed by atoms with van der Waals surface area (Å²) in [5.74, 6) is 0.455. The Labute approximate surface area is 196 Å². The number of carbonyl (C=O) groups is 1. The zero-order chi connectivity index (χ0) is 23.1. The van der Waals surface area contributed by atoms with Gasteiger partial charge in [-0.25, -0.2) is 4.39 Å². The summed E-state index contributed by atoms with van der Waals surface area (Å²) >= 11 is 0. The molecule has 0 saturated carbocycles. The summed E-state index contributed by atoms with van der Waals surface area (Å²) in [5.41, 5.74) is 2.19. The van der Waals surface area contributed by atoms with Gasteiger partial charge in [-0.2, -0.15) is 0 Å². The lowest BCUT2D eigenvalue weighted by Gasteiger charge is -2.36. The van der Waals surface area contributed by atoms with Crippen LogP contribution in [0.15, 0.2) is 42.5 Å².